The number of hydrogen-bond acceptors (Lipinski definition) is 0. The largest absolute Gasteiger partial charge is 0.126 e. The van der Waals surface area contributed by atoms with Gasteiger partial charge in [0, 0.05) is 15.4 Å². The summed E-state index contributed by atoms with van der Waals surface area (Å²) in [5.41, 5.74) is 1.25. The highest BCUT2D eigenvalue weighted by Gasteiger charge is 2.18. The minimum Gasteiger partial charge on any atom is -0.126 e. The highest BCUT2D eigenvalue weighted by atomic mass is 79.9. The molecule has 3 heteroatoms. The Balaban J connectivity index is 2.87. The van der Waals surface area contributed by atoms with Crippen LogP contribution in [0.1, 0.15) is 19.4 Å². The van der Waals surface area contributed by atoms with Crippen LogP contribution in [0.2, 0.25) is 5.02 Å². The first-order valence-electron chi connectivity index (χ1n) is 4.44. The minimum atomic E-state index is 0.0963. The molecule has 0 N–H and O–H groups in total. The maximum atomic E-state index is 6.12. The third kappa shape index (κ3) is 3.45. The molecule has 0 aliphatic carbocycles. The molecule has 0 spiro atoms. The van der Waals surface area contributed by atoms with Crippen molar-refractivity contribution in [2.24, 2.45) is 5.41 Å². The Morgan fingerprint density at radius 1 is 1.36 bits per heavy atom. The molecule has 0 amide bonds. The zero-order valence-corrected chi connectivity index (χ0v) is 11.4. The quantitative estimate of drug-likeness (QED) is 0.695. The third-order valence-electron chi connectivity index (χ3n) is 2.05. The number of alkyl halides is 1. The van der Waals surface area contributed by atoms with E-state index in [9.17, 15) is 0 Å². The lowest BCUT2D eigenvalue weighted by atomic mass is 9.88. The SMILES string of the molecule is CC(C)(CCl)Cc1ccc(Br)cc1Cl. The monoisotopic (exact) mass is 294 g/mol. The highest BCUT2D eigenvalue weighted by Crippen LogP contribution is 2.29. The predicted molar refractivity (Wildman–Crippen MR) is 67.4 cm³/mol. The Morgan fingerprint density at radius 2 is 2.00 bits per heavy atom. The summed E-state index contributed by atoms with van der Waals surface area (Å²) in [6.45, 7) is 4.27. The van der Waals surface area contributed by atoms with E-state index < -0.39 is 0 Å². The molecule has 0 aliphatic heterocycles. The van der Waals surface area contributed by atoms with Gasteiger partial charge in [-0.2, -0.15) is 0 Å². The summed E-state index contributed by atoms with van der Waals surface area (Å²) in [6.07, 6.45) is 0.905. The van der Waals surface area contributed by atoms with Crippen LogP contribution >= 0.6 is 39.1 Å². The van der Waals surface area contributed by atoms with Gasteiger partial charge in [-0.25, -0.2) is 0 Å². The molecule has 0 aromatic heterocycles. The Morgan fingerprint density at radius 3 is 2.50 bits per heavy atom. The van der Waals surface area contributed by atoms with E-state index >= 15 is 0 Å². The number of halogens is 3. The van der Waals surface area contributed by atoms with Gasteiger partial charge in [0.05, 0.1) is 0 Å². The zero-order valence-electron chi connectivity index (χ0n) is 8.28. The van der Waals surface area contributed by atoms with E-state index in [2.05, 4.69) is 29.8 Å². The fourth-order valence-electron chi connectivity index (χ4n) is 1.23. The smallest absolute Gasteiger partial charge is 0.0449 e. The van der Waals surface area contributed by atoms with E-state index in [4.69, 9.17) is 23.2 Å². The average molecular weight is 296 g/mol. The topological polar surface area (TPSA) is 0 Å². The summed E-state index contributed by atoms with van der Waals surface area (Å²) in [4.78, 5) is 0. The number of benzene rings is 1. The average Bonchev–Trinajstić information content (AvgIpc) is 2.10. The summed E-state index contributed by atoms with van der Waals surface area (Å²) in [7, 11) is 0. The molecule has 0 aliphatic rings. The van der Waals surface area contributed by atoms with Gasteiger partial charge >= 0.3 is 0 Å². The van der Waals surface area contributed by atoms with Gasteiger partial charge in [-0.3, -0.25) is 0 Å². The second kappa shape index (κ2) is 4.87. The molecule has 1 aromatic carbocycles. The molecule has 0 atom stereocenters. The summed E-state index contributed by atoms with van der Waals surface area (Å²) >= 11 is 15.4. The summed E-state index contributed by atoms with van der Waals surface area (Å²) in [5, 5.41) is 0.803. The molecule has 0 saturated heterocycles. The summed E-state index contributed by atoms with van der Waals surface area (Å²) in [6, 6.07) is 5.97. The standard InChI is InChI=1S/C11H13BrCl2/c1-11(2,7-13)6-8-3-4-9(12)5-10(8)14/h3-5H,6-7H2,1-2H3. The first-order valence-corrected chi connectivity index (χ1v) is 6.15. The normalized spacial score (nSPS) is 11.8. The first kappa shape index (κ1) is 12.4. The van der Waals surface area contributed by atoms with Crippen LogP contribution in [0.5, 0.6) is 0 Å². The van der Waals surface area contributed by atoms with Crippen LogP contribution in [0.25, 0.3) is 0 Å². The van der Waals surface area contributed by atoms with E-state index in [0.29, 0.717) is 5.88 Å². The second-order valence-corrected chi connectivity index (χ2v) is 5.80. The van der Waals surface area contributed by atoms with Gasteiger partial charge in [0.1, 0.15) is 0 Å². The van der Waals surface area contributed by atoms with Crippen LogP contribution in [0.4, 0.5) is 0 Å². The molecule has 14 heavy (non-hydrogen) atoms. The summed E-state index contributed by atoms with van der Waals surface area (Å²) < 4.78 is 1.01. The molecule has 1 aromatic rings. The molecule has 78 valence electrons. The van der Waals surface area contributed by atoms with Gasteiger partial charge in [0.25, 0.3) is 0 Å². The van der Waals surface area contributed by atoms with E-state index in [1.165, 1.54) is 0 Å². The molecule has 0 fully saturated rings. The molecular weight excluding hydrogens is 283 g/mol. The highest BCUT2D eigenvalue weighted by molar-refractivity contribution is 9.10. The van der Waals surface area contributed by atoms with Crippen molar-refractivity contribution in [2.45, 2.75) is 20.3 Å². The van der Waals surface area contributed by atoms with Gasteiger partial charge in [-0.05, 0) is 29.5 Å². The zero-order chi connectivity index (χ0) is 10.8. The Labute approximate surface area is 104 Å². The third-order valence-corrected chi connectivity index (χ3v) is 3.61. The molecule has 0 saturated carbocycles. The Hall–Kier alpha value is 0.280. The molecule has 0 nitrogen and oxygen atoms in total. The number of hydrogen-bond donors (Lipinski definition) is 0. The van der Waals surface area contributed by atoms with Crippen molar-refractivity contribution in [2.75, 3.05) is 5.88 Å². The van der Waals surface area contributed by atoms with Crippen molar-refractivity contribution < 1.29 is 0 Å². The fourth-order valence-corrected chi connectivity index (χ4v) is 2.06. The van der Waals surface area contributed by atoms with Gasteiger partial charge in [-0.15, -0.1) is 11.6 Å². The molecule has 0 radical (unpaired) electrons. The lowest BCUT2D eigenvalue weighted by Crippen LogP contribution is -2.16. The van der Waals surface area contributed by atoms with Crippen LogP contribution in [0, 0.1) is 5.41 Å². The minimum absolute atomic E-state index is 0.0963. The van der Waals surface area contributed by atoms with E-state index in [1.807, 2.05) is 18.2 Å². The maximum Gasteiger partial charge on any atom is 0.0449 e. The lowest BCUT2D eigenvalue weighted by Gasteiger charge is -2.21. The van der Waals surface area contributed by atoms with Crippen LogP contribution < -0.4 is 0 Å². The molecule has 0 bridgehead atoms. The fraction of sp³-hybridized carbons (Fsp3) is 0.455. The van der Waals surface area contributed by atoms with E-state index in [-0.39, 0.29) is 5.41 Å². The van der Waals surface area contributed by atoms with Crippen LogP contribution in [-0.4, -0.2) is 5.88 Å². The van der Waals surface area contributed by atoms with Crippen molar-refractivity contribution in [3.63, 3.8) is 0 Å². The van der Waals surface area contributed by atoms with Gasteiger partial charge in [0.15, 0.2) is 0 Å². The predicted octanol–water partition coefficient (Wildman–Crippen LogP) is 4.91. The van der Waals surface area contributed by atoms with E-state index in [1.54, 1.807) is 0 Å². The van der Waals surface area contributed by atoms with Crippen LogP contribution in [0.3, 0.4) is 0 Å². The lowest BCUT2D eigenvalue weighted by molar-refractivity contribution is 0.418. The Bertz CT molecular complexity index is 321. The molecule has 0 unspecified atom stereocenters. The Kier molecular flexibility index (Phi) is 4.30. The second-order valence-electron chi connectivity index (χ2n) is 4.21. The van der Waals surface area contributed by atoms with Crippen molar-refractivity contribution in [1.82, 2.24) is 0 Å². The van der Waals surface area contributed by atoms with Gasteiger partial charge in [-0.1, -0.05) is 47.4 Å². The van der Waals surface area contributed by atoms with Gasteiger partial charge < -0.3 is 0 Å². The van der Waals surface area contributed by atoms with Crippen LogP contribution in [0.15, 0.2) is 22.7 Å². The first-order chi connectivity index (χ1) is 6.44. The van der Waals surface area contributed by atoms with E-state index in [0.717, 1.165) is 21.5 Å². The van der Waals surface area contributed by atoms with Crippen molar-refractivity contribution in [3.05, 3.63) is 33.3 Å². The number of rotatable bonds is 3. The van der Waals surface area contributed by atoms with Crippen molar-refractivity contribution in [3.8, 4) is 0 Å². The molecular formula is C11H13BrCl2. The van der Waals surface area contributed by atoms with Crippen molar-refractivity contribution >= 4 is 39.1 Å². The maximum absolute atomic E-state index is 6.12. The van der Waals surface area contributed by atoms with Crippen molar-refractivity contribution in [1.29, 1.82) is 0 Å². The van der Waals surface area contributed by atoms with Gasteiger partial charge in [0.2, 0.25) is 0 Å². The van der Waals surface area contributed by atoms with Crippen LogP contribution in [-0.2, 0) is 6.42 Å². The molecule has 1 rings (SSSR count). The summed E-state index contributed by atoms with van der Waals surface area (Å²) in [5.74, 6) is 0.638. The molecule has 0 heterocycles.